The van der Waals surface area contributed by atoms with Crippen molar-refractivity contribution in [2.45, 2.75) is 18.9 Å². The number of rotatable bonds is 3. The molecule has 0 radical (unpaired) electrons. The van der Waals surface area contributed by atoms with Crippen molar-refractivity contribution in [2.24, 2.45) is 0 Å². The summed E-state index contributed by atoms with van der Waals surface area (Å²) in [6, 6.07) is 16.5. The third-order valence-electron chi connectivity index (χ3n) is 3.92. The van der Waals surface area contributed by atoms with Gasteiger partial charge in [0.05, 0.1) is 10.5 Å². The Kier molecular flexibility index (Phi) is 5.68. The number of thioether (sulfide) groups is 1. The second kappa shape index (κ2) is 8.15. The number of pyridine rings is 2. The molecule has 0 unspecified atom stereocenters. The number of halogens is 1. The van der Waals surface area contributed by atoms with Crippen molar-refractivity contribution in [1.29, 1.82) is 0 Å². The number of hydrogen-bond acceptors (Lipinski definition) is 3. The smallest absolute Gasteiger partial charge is 0.123 e. The predicted molar refractivity (Wildman–Crippen MR) is 107 cm³/mol. The first kappa shape index (κ1) is 18.1. The summed E-state index contributed by atoms with van der Waals surface area (Å²) < 4.78 is 15.3. The van der Waals surface area contributed by atoms with E-state index < -0.39 is 0 Å². The second-order valence-corrected chi connectivity index (χ2v) is 6.16. The summed E-state index contributed by atoms with van der Waals surface area (Å²) in [5.74, 6) is -0.252. The van der Waals surface area contributed by atoms with Crippen LogP contribution in [0.1, 0.15) is 13.8 Å². The van der Waals surface area contributed by atoms with Crippen LogP contribution in [0.4, 0.5) is 4.39 Å². The summed E-state index contributed by atoms with van der Waals surface area (Å²) >= 11 is 1.64. The fourth-order valence-electron chi connectivity index (χ4n) is 2.81. The van der Waals surface area contributed by atoms with E-state index in [1.54, 1.807) is 36.3 Å². The van der Waals surface area contributed by atoms with E-state index in [0.29, 0.717) is 0 Å². The van der Waals surface area contributed by atoms with Crippen LogP contribution < -0.4 is 0 Å². The molecule has 4 aromatic rings. The molecule has 0 atom stereocenters. The van der Waals surface area contributed by atoms with Crippen LogP contribution in [0.5, 0.6) is 0 Å². The highest BCUT2D eigenvalue weighted by Crippen LogP contribution is 2.36. The molecular formula is C21H20FN3S. The maximum atomic E-state index is 13.3. The van der Waals surface area contributed by atoms with E-state index in [2.05, 4.69) is 11.1 Å². The molecule has 26 heavy (non-hydrogen) atoms. The lowest BCUT2D eigenvalue weighted by molar-refractivity contribution is 0.628. The molecule has 1 aromatic carbocycles. The number of hydrogen-bond donors (Lipinski definition) is 0. The van der Waals surface area contributed by atoms with Gasteiger partial charge in [-0.25, -0.2) is 8.91 Å². The van der Waals surface area contributed by atoms with E-state index in [9.17, 15) is 4.39 Å². The summed E-state index contributed by atoms with van der Waals surface area (Å²) in [5, 5.41) is 5.86. The third kappa shape index (κ3) is 3.35. The topological polar surface area (TPSA) is 30.2 Å². The largest absolute Gasteiger partial charge is 0.265 e. The van der Waals surface area contributed by atoms with E-state index in [0.717, 1.165) is 32.9 Å². The van der Waals surface area contributed by atoms with Crippen LogP contribution in [0.2, 0.25) is 0 Å². The van der Waals surface area contributed by atoms with E-state index in [1.807, 2.05) is 48.9 Å². The first-order valence-electron chi connectivity index (χ1n) is 8.50. The van der Waals surface area contributed by atoms with E-state index in [4.69, 9.17) is 5.10 Å². The SMILES string of the molecule is CC.CSc1cccc2c(-c3ccncc3)c(-c3ccc(F)cc3)nn12. The van der Waals surface area contributed by atoms with Crippen LogP contribution >= 0.6 is 11.8 Å². The fraction of sp³-hybridized carbons (Fsp3) is 0.143. The van der Waals surface area contributed by atoms with Crippen molar-refractivity contribution in [3.8, 4) is 22.4 Å². The molecule has 0 spiro atoms. The molecule has 3 aromatic heterocycles. The molecule has 0 N–H and O–H groups in total. The Bertz CT molecular complexity index is 995. The first-order valence-corrected chi connectivity index (χ1v) is 9.72. The van der Waals surface area contributed by atoms with E-state index >= 15 is 0 Å². The minimum atomic E-state index is -0.252. The fourth-order valence-corrected chi connectivity index (χ4v) is 3.34. The van der Waals surface area contributed by atoms with Crippen molar-refractivity contribution < 1.29 is 4.39 Å². The maximum Gasteiger partial charge on any atom is 0.123 e. The average molecular weight is 365 g/mol. The Morgan fingerprint density at radius 2 is 1.58 bits per heavy atom. The number of aromatic nitrogens is 3. The average Bonchev–Trinajstić information content (AvgIpc) is 3.10. The van der Waals surface area contributed by atoms with Gasteiger partial charge < -0.3 is 0 Å². The molecule has 0 saturated carbocycles. The van der Waals surface area contributed by atoms with Gasteiger partial charge in [-0.15, -0.1) is 11.8 Å². The van der Waals surface area contributed by atoms with E-state index in [-0.39, 0.29) is 5.82 Å². The highest BCUT2D eigenvalue weighted by Gasteiger charge is 2.17. The molecule has 0 bridgehead atoms. The Morgan fingerprint density at radius 1 is 0.885 bits per heavy atom. The van der Waals surface area contributed by atoms with Crippen molar-refractivity contribution >= 4 is 17.3 Å². The maximum absolute atomic E-state index is 13.3. The van der Waals surface area contributed by atoms with Gasteiger partial charge in [-0.2, -0.15) is 5.10 Å². The van der Waals surface area contributed by atoms with Gasteiger partial charge >= 0.3 is 0 Å². The van der Waals surface area contributed by atoms with Crippen LogP contribution in [0.15, 0.2) is 72.0 Å². The molecule has 0 amide bonds. The minimum absolute atomic E-state index is 0.252. The summed E-state index contributed by atoms with van der Waals surface area (Å²) in [5.41, 5.74) is 4.81. The van der Waals surface area contributed by atoms with Crippen molar-refractivity contribution in [3.05, 3.63) is 72.8 Å². The van der Waals surface area contributed by atoms with Gasteiger partial charge in [0.1, 0.15) is 11.5 Å². The van der Waals surface area contributed by atoms with Gasteiger partial charge in [0.15, 0.2) is 0 Å². The summed E-state index contributed by atoms with van der Waals surface area (Å²) in [6.07, 6.45) is 5.57. The highest BCUT2D eigenvalue weighted by atomic mass is 32.2. The zero-order valence-electron chi connectivity index (χ0n) is 15.0. The molecule has 0 aliphatic carbocycles. The van der Waals surface area contributed by atoms with Gasteiger partial charge in [-0.1, -0.05) is 19.9 Å². The lowest BCUT2D eigenvalue weighted by atomic mass is 10.0. The lowest BCUT2D eigenvalue weighted by Crippen LogP contribution is -1.91. The Balaban J connectivity index is 0.000000948. The molecule has 0 saturated heterocycles. The highest BCUT2D eigenvalue weighted by molar-refractivity contribution is 7.98. The lowest BCUT2D eigenvalue weighted by Gasteiger charge is -2.04. The quantitative estimate of drug-likeness (QED) is 0.420. The van der Waals surface area contributed by atoms with Crippen molar-refractivity contribution in [1.82, 2.24) is 14.6 Å². The molecule has 4 rings (SSSR count). The van der Waals surface area contributed by atoms with Crippen molar-refractivity contribution in [3.63, 3.8) is 0 Å². The first-order chi connectivity index (χ1) is 12.8. The summed E-state index contributed by atoms with van der Waals surface area (Å²) in [6.45, 7) is 4.00. The molecule has 0 fully saturated rings. The zero-order chi connectivity index (χ0) is 18.5. The molecule has 0 aliphatic heterocycles. The van der Waals surface area contributed by atoms with Crippen LogP contribution in [-0.4, -0.2) is 20.9 Å². The molecule has 5 heteroatoms. The standard InChI is InChI=1S/C19H14FN3S.C2H6/c1-24-17-4-2-3-16-18(13-9-11-21-12-10-13)19(22-23(16)17)14-5-7-15(20)8-6-14;1-2/h2-12H,1H3;1-2H3. The number of nitrogens with zero attached hydrogens (tertiary/aromatic N) is 3. The van der Waals surface area contributed by atoms with Crippen LogP contribution in [0.3, 0.4) is 0 Å². The number of benzene rings is 1. The normalized spacial score (nSPS) is 10.5. The third-order valence-corrected chi connectivity index (χ3v) is 4.65. The second-order valence-electron chi connectivity index (χ2n) is 5.33. The van der Waals surface area contributed by atoms with Gasteiger partial charge in [-0.05, 0) is 60.4 Å². The molecule has 3 heterocycles. The minimum Gasteiger partial charge on any atom is -0.265 e. The van der Waals surface area contributed by atoms with Crippen molar-refractivity contribution in [2.75, 3.05) is 6.26 Å². The molecule has 3 nitrogen and oxygen atoms in total. The van der Waals surface area contributed by atoms with E-state index in [1.165, 1.54) is 12.1 Å². The molecule has 132 valence electrons. The number of fused-ring (bicyclic) bond motifs is 1. The summed E-state index contributed by atoms with van der Waals surface area (Å²) in [4.78, 5) is 4.10. The van der Waals surface area contributed by atoms with Gasteiger partial charge in [-0.3, -0.25) is 4.98 Å². The Morgan fingerprint density at radius 3 is 2.23 bits per heavy atom. The van der Waals surface area contributed by atoms with Gasteiger partial charge in [0.2, 0.25) is 0 Å². The predicted octanol–water partition coefficient (Wildman–Crippen LogP) is 5.95. The monoisotopic (exact) mass is 365 g/mol. The van der Waals surface area contributed by atoms with Gasteiger partial charge in [0, 0.05) is 23.5 Å². The zero-order valence-corrected chi connectivity index (χ0v) is 15.8. The Labute approximate surface area is 156 Å². The Hall–Kier alpha value is -2.66. The summed E-state index contributed by atoms with van der Waals surface area (Å²) in [7, 11) is 0. The van der Waals surface area contributed by atoms with Crippen LogP contribution in [0, 0.1) is 5.82 Å². The van der Waals surface area contributed by atoms with Crippen LogP contribution in [0.25, 0.3) is 27.9 Å². The van der Waals surface area contributed by atoms with Crippen LogP contribution in [-0.2, 0) is 0 Å². The van der Waals surface area contributed by atoms with Gasteiger partial charge in [0.25, 0.3) is 0 Å². The molecular weight excluding hydrogens is 345 g/mol. The molecule has 0 aliphatic rings.